The molecule has 0 saturated carbocycles. The van der Waals surface area contributed by atoms with Gasteiger partial charge in [0, 0.05) is 6.54 Å². The van der Waals surface area contributed by atoms with Gasteiger partial charge in [0.1, 0.15) is 6.04 Å². The molecule has 0 fully saturated rings. The van der Waals surface area contributed by atoms with Gasteiger partial charge in [-0.1, -0.05) is 20.3 Å². The molecule has 2 nitrogen and oxygen atoms in total. The van der Waals surface area contributed by atoms with Gasteiger partial charge in [-0.25, -0.2) is 0 Å². The van der Waals surface area contributed by atoms with Gasteiger partial charge in [-0.2, -0.15) is 13.2 Å². The minimum absolute atomic E-state index is 0.0313. The van der Waals surface area contributed by atoms with Crippen molar-refractivity contribution in [3.8, 4) is 0 Å². The first-order chi connectivity index (χ1) is 6.82. The molecule has 0 bridgehead atoms. The van der Waals surface area contributed by atoms with Gasteiger partial charge < -0.3 is 5.73 Å². The van der Waals surface area contributed by atoms with Gasteiger partial charge in [-0.05, 0) is 25.9 Å². The Labute approximate surface area is 89.6 Å². The molecule has 0 amide bonds. The second-order valence-corrected chi connectivity index (χ2v) is 4.09. The lowest BCUT2D eigenvalue weighted by Crippen LogP contribution is -2.46. The number of nitrogens with two attached hydrogens (primary N) is 1. The molecule has 2 N–H and O–H groups in total. The van der Waals surface area contributed by atoms with Crippen molar-refractivity contribution >= 4 is 0 Å². The number of hydrogen-bond donors (Lipinski definition) is 1. The lowest BCUT2D eigenvalue weighted by Gasteiger charge is -2.31. The summed E-state index contributed by atoms with van der Waals surface area (Å²) in [4.78, 5) is 1.36. The highest BCUT2D eigenvalue weighted by Crippen LogP contribution is 2.26. The monoisotopic (exact) mass is 226 g/mol. The van der Waals surface area contributed by atoms with Crippen molar-refractivity contribution in [2.75, 3.05) is 20.1 Å². The van der Waals surface area contributed by atoms with Crippen molar-refractivity contribution in [2.24, 2.45) is 11.7 Å². The van der Waals surface area contributed by atoms with E-state index in [1.807, 2.05) is 13.8 Å². The predicted molar refractivity (Wildman–Crippen MR) is 55.6 cm³/mol. The van der Waals surface area contributed by atoms with Crippen LogP contribution in [0.4, 0.5) is 13.2 Å². The molecule has 2 unspecified atom stereocenters. The van der Waals surface area contributed by atoms with E-state index in [2.05, 4.69) is 0 Å². The third kappa shape index (κ3) is 5.37. The zero-order chi connectivity index (χ0) is 12.1. The lowest BCUT2D eigenvalue weighted by atomic mass is 10.1. The normalized spacial score (nSPS) is 16.8. The molecule has 0 rings (SSSR count). The number of nitrogens with zero attached hydrogens (tertiary/aromatic N) is 1. The van der Waals surface area contributed by atoms with Gasteiger partial charge in [-0.15, -0.1) is 0 Å². The van der Waals surface area contributed by atoms with Gasteiger partial charge in [0.05, 0.1) is 0 Å². The summed E-state index contributed by atoms with van der Waals surface area (Å²) in [6.07, 6.45) is -3.32. The van der Waals surface area contributed by atoms with Crippen LogP contribution in [0, 0.1) is 5.92 Å². The molecule has 92 valence electrons. The van der Waals surface area contributed by atoms with Gasteiger partial charge in [0.15, 0.2) is 0 Å². The molecule has 0 aromatic carbocycles. The van der Waals surface area contributed by atoms with Gasteiger partial charge in [0.25, 0.3) is 0 Å². The van der Waals surface area contributed by atoms with E-state index < -0.39 is 12.2 Å². The maximum atomic E-state index is 12.6. The maximum Gasteiger partial charge on any atom is 0.404 e. The molecule has 5 heteroatoms. The molecule has 0 aliphatic heterocycles. The lowest BCUT2D eigenvalue weighted by molar-refractivity contribution is -0.182. The van der Waals surface area contributed by atoms with Crippen LogP contribution in [0.2, 0.25) is 0 Å². The van der Waals surface area contributed by atoms with Crippen LogP contribution >= 0.6 is 0 Å². The first-order valence-corrected chi connectivity index (χ1v) is 5.29. The van der Waals surface area contributed by atoms with Gasteiger partial charge in [0.2, 0.25) is 0 Å². The molecular weight excluding hydrogens is 205 g/mol. The van der Waals surface area contributed by atoms with E-state index in [-0.39, 0.29) is 18.9 Å². The zero-order valence-corrected chi connectivity index (χ0v) is 9.64. The van der Waals surface area contributed by atoms with E-state index >= 15 is 0 Å². The van der Waals surface area contributed by atoms with Gasteiger partial charge in [-0.3, -0.25) is 4.90 Å². The largest absolute Gasteiger partial charge is 0.404 e. The SMILES string of the molecule is CCC(C)CN(C)C(CCN)C(F)(F)F. The van der Waals surface area contributed by atoms with Crippen LogP contribution in [0.15, 0.2) is 0 Å². The van der Waals surface area contributed by atoms with Crippen molar-refractivity contribution < 1.29 is 13.2 Å². The average Bonchev–Trinajstić information content (AvgIpc) is 2.11. The highest BCUT2D eigenvalue weighted by atomic mass is 19.4. The third-order valence-corrected chi connectivity index (χ3v) is 2.65. The Morgan fingerprint density at radius 2 is 1.87 bits per heavy atom. The molecule has 0 saturated heterocycles. The summed E-state index contributed by atoms with van der Waals surface area (Å²) >= 11 is 0. The fraction of sp³-hybridized carbons (Fsp3) is 1.00. The topological polar surface area (TPSA) is 29.3 Å². The molecule has 0 aliphatic rings. The van der Waals surface area contributed by atoms with Crippen LogP contribution in [0.1, 0.15) is 26.7 Å². The number of rotatable bonds is 6. The molecule has 15 heavy (non-hydrogen) atoms. The fourth-order valence-electron chi connectivity index (χ4n) is 1.54. The summed E-state index contributed by atoms with van der Waals surface area (Å²) in [7, 11) is 1.51. The molecule has 0 spiro atoms. The first-order valence-electron chi connectivity index (χ1n) is 5.29. The van der Waals surface area contributed by atoms with E-state index in [1.165, 1.54) is 11.9 Å². The maximum absolute atomic E-state index is 12.6. The molecule has 0 radical (unpaired) electrons. The molecule has 0 aromatic heterocycles. The minimum atomic E-state index is -4.18. The Hall–Kier alpha value is -0.290. The molecule has 0 heterocycles. The zero-order valence-electron chi connectivity index (χ0n) is 9.64. The van der Waals surface area contributed by atoms with E-state index in [9.17, 15) is 13.2 Å². The summed E-state index contributed by atoms with van der Waals surface area (Å²) in [6.45, 7) is 4.45. The molecule has 0 aliphatic carbocycles. The van der Waals surface area contributed by atoms with E-state index in [0.29, 0.717) is 6.54 Å². The van der Waals surface area contributed by atoms with Crippen LogP contribution < -0.4 is 5.73 Å². The van der Waals surface area contributed by atoms with Crippen molar-refractivity contribution in [2.45, 2.75) is 38.9 Å². The Morgan fingerprint density at radius 3 is 2.20 bits per heavy atom. The summed E-state index contributed by atoms with van der Waals surface area (Å²) in [5, 5.41) is 0. The predicted octanol–water partition coefficient (Wildman–Crippen LogP) is 2.24. The minimum Gasteiger partial charge on any atom is -0.330 e. The highest BCUT2D eigenvalue weighted by molar-refractivity contribution is 4.77. The van der Waals surface area contributed by atoms with Crippen LogP contribution in [0.5, 0.6) is 0 Å². The fourth-order valence-corrected chi connectivity index (χ4v) is 1.54. The summed E-state index contributed by atoms with van der Waals surface area (Å²) < 4.78 is 37.8. The van der Waals surface area contributed by atoms with Crippen molar-refractivity contribution in [1.29, 1.82) is 0 Å². The van der Waals surface area contributed by atoms with E-state index in [4.69, 9.17) is 5.73 Å². The summed E-state index contributed by atoms with van der Waals surface area (Å²) in [5.74, 6) is 0.276. The van der Waals surface area contributed by atoms with E-state index in [1.54, 1.807) is 0 Å². The standard InChI is InChI=1S/C10H21F3N2/c1-4-8(2)7-15(3)9(5-6-14)10(11,12)13/h8-9H,4-7,14H2,1-3H3. The molecule has 0 aromatic rings. The van der Waals surface area contributed by atoms with Crippen LogP contribution in [-0.4, -0.2) is 37.3 Å². The van der Waals surface area contributed by atoms with Gasteiger partial charge >= 0.3 is 6.18 Å². The van der Waals surface area contributed by atoms with Crippen LogP contribution in [0.3, 0.4) is 0 Å². The second kappa shape index (κ2) is 6.33. The Morgan fingerprint density at radius 1 is 1.33 bits per heavy atom. The third-order valence-electron chi connectivity index (χ3n) is 2.65. The highest BCUT2D eigenvalue weighted by Gasteiger charge is 2.41. The quantitative estimate of drug-likeness (QED) is 0.752. The Balaban J connectivity index is 4.35. The number of alkyl halides is 3. The number of hydrogen-bond acceptors (Lipinski definition) is 2. The second-order valence-electron chi connectivity index (χ2n) is 4.09. The van der Waals surface area contributed by atoms with Crippen molar-refractivity contribution in [3.05, 3.63) is 0 Å². The van der Waals surface area contributed by atoms with Crippen LogP contribution in [0.25, 0.3) is 0 Å². The Kier molecular flexibility index (Phi) is 6.20. The average molecular weight is 226 g/mol. The first kappa shape index (κ1) is 14.7. The Bertz CT molecular complexity index is 171. The number of halogens is 3. The van der Waals surface area contributed by atoms with Crippen LogP contribution in [-0.2, 0) is 0 Å². The van der Waals surface area contributed by atoms with E-state index in [0.717, 1.165) is 6.42 Å². The van der Waals surface area contributed by atoms with Crippen molar-refractivity contribution in [3.63, 3.8) is 0 Å². The molecular formula is C10H21F3N2. The summed E-state index contributed by atoms with van der Waals surface area (Å²) in [5.41, 5.74) is 5.20. The van der Waals surface area contributed by atoms with Crippen molar-refractivity contribution in [1.82, 2.24) is 4.90 Å². The summed E-state index contributed by atoms with van der Waals surface area (Å²) in [6, 6.07) is -1.41. The smallest absolute Gasteiger partial charge is 0.330 e. The molecule has 2 atom stereocenters.